The van der Waals surface area contributed by atoms with Gasteiger partial charge in [-0.1, -0.05) is 35.9 Å². The molecule has 3 heterocycles. The van der Waals surface area contributed by atoms with Crippen LogP contribution in [-0.4, -0.2) is 56.3 Å². The first-order valence-electron chi connectivity index (χ1n) is 12.6. The molecule has 1 aliphatic rings. The minimum Gasteiger partial charge on any atom is -0.497 e. The molecular formula is C28H31ClN6O3. The molecule has 38 heavy (non-hydrogen) atoms. The van der Waals surface area contributed by atoms with Crippen molar-refractivity contribution in [3.8, 4) is 17.1 Å². The van der Waals surface area contributed by atoms with Crippen LogP contribution in [0.5, 0.6) is 5.75 Å². The summed E-state index contributed by atoms with van der Waals surface area (Å²) < 4.78 is 12.9. The normalized spacial score (nSPS) is 15.6. The van der Waals surface area contributed by atoms with Gasteiger partial charge in [-0.3, -0.25) is 0 Å². The predicted molar refractivity (Wildman–Crippen MR) is 148 cm³/mol. The lowest BCUT2D eigenvalue weighted by Gasteiger charge is -2.24. The molecule has 9 nitrogen and oxygen atoms in total. The number of carbonyl (C=O) groups excluding carboxylic acids is 1. The molecule has 2 aromatic carbocycles. The maximum atomic E-state index is 12.8. The minimum atomic E-state index is -0.558. The van der Waals surface area contributed by atoms with Crippen molar-refractivity contribution in [3.63, 3.8) is 0 Å². The van der Waals surface area contributed by atoms with Gasteiger partial charge in [-0.25, -0.2) is 14.8 Å². The summed E-state index contributed by atoms with van der Waals surface area (Å²) in [5.74, 6) is 1.99. The number of benzene rings is 2. The third-order valence-corrected chi connectivity index (χ3v) is 6.67. The molecule has 0 saturated carbocycles. The van der Waals surface area contributed by atoms with Crippen LogP contribution in [0.2, 0.25) is 5.02 Å². The van der Waals surface area contributed by atoms with E-state index in [1.165, 1.54) is 0 Å². The highest BCUT2D eigenvalue weighted by molar-refractivity contribution is 6.33. The molecule has 2 aromatic heterocycles. The number of carbonyl (C=O) groups is 1. The first kappa shape index (κ1) is 25.8. The minimum absolute atomic E-state index is 0.0527. The highest BCUT2D eigenvalue weighted by Gasteiger charge is 2.33. The smallest absolute Gasteiger partial charge is 0.410 e. The van der Waals surface area contributed by atoms with Crippen molar-refractivity contribution in [1.29, 1.82) is 0 Å². The number of anilines is 1. The Morgan fingerprint density at radius 3 is 2.61 bits per heavy atom. The molecule has 198 valence electrons. The van der Waals surface area contributed by atoms with Crippen molar-refractivity contribution in [2.24, 2.45) is 0 Å². The van der Waals surface area contributed by atoms with Gasteiger partial charge in [0.15, 0.2) is 5.65 Å². The van der Waals surface area contributed by atoms with Gasteiger partial charge < -0.3 is 24.3 Å². The molecule has 1 N–H and O–H groups in total. The summed E-state index contributed by atoms with van der Waals surface area (Å²) in [5.41, 5.74) is 2.66. The van der Waals surface area contributed by atoms with E-state index in [4.69, 9.17) is 31.0 Å². The molecule has 0 radical (unpaired) electrons. The summed E-state index contributed by atoms with van der Waals surface area (Å²) in [4.78, 5) is 28.7. The average molecular weight is 535 g/mol. The van der Waals surface area contributed by atoms with E-state index in [1.54, 1.807) is 18.2 Å². The second-order valence-electron chi connectivity index (χ2n) is 10.3. The first-order valence-corrected chi connectivity index (χ1v) is 12.9. The van der Waals surface area contributed by atoms with Gasteiger partial charge in [0, 0.05) is 25.2 Å². The zero-order valence-corrected chi connectivity index (χ0v) is 22.7. The van der Waals surface area contributed by atoms with Crippen LogP contribution in [0, 0.1) is 0 Å². The molecule has 1 aliphatic heterocycles. The van der Waals surface area contributed by atoms with Crippen molar-refractivity contribution in [2.45, 2.75) is 45.4 Å². The Bertz CT molecular complexity index is 1450. The summed E-state index contributed by atoms with van der Waals surface area (Å²) in [6, 6.07) is 15.4. The van der Waals surface area contributed by atoms with Crippen LogP contribution < -0.4 is 10.1 Å². The molecule has 0 aliphatic carbocycles. The van der Waals surface area contributed by atoms with Gasteiger partial charge in [0.1, 0.15) is 22.7 Å². The number of aromatic nitrogens is 4. The zero-order valence-electron chi connectivity index (χ0n) is 21.9. The van der Waals surface area contributed by atoms with E-state index < -0.39 is 5.60 Å². The number of hydrogen-bond acceptors (Lipinski definition) is 7. The fraction of sp³-hybridized carbons (Fsp3) is 0.357. The third kappa shape index (κ3) is 5.52. The van der Waals surface area contributed by atoms with E-state index in [1.807, 2.05) is 69.3 Å². The van der Waals surface area contributed by atoms with Gasteiger partial charge in [-0.05, 0) is 57.0 Å². The number of fused-ring (bicyclic) bond motifs is 1. The second kappa shape index (κ2) is 10.5. The van der Waals surface area contributed by atoms with E-state index >= 15 is 0 Å². The SMILES string of the molecule is COc1ccc(CNc2ncc3nc(-c4ccccc4Cl)n(C4CCN(C(=O)OC(C)(C)C)C4)c3n2)cc1. The number of likely N-dealkylation sites (tertiary alicyclic amines) is 1. The lowest BCUT2D eigenvalue weighted by molar-refractivity contribution is 0.0289. The van der Waals surface area contributed by atoms with Crippen LogP contribution in [0.3, 0.4) is 0 Å². The van der Waals surface area contributed by atoms with Crippen molar-refractivity contribution < 1.29 is 14.3 Å². The summed E-state index contributed by atoms with van der Waals surface area (Å²) in [5, 5.41) is 3.90. The molecule has 0 bridgehead atoms. The number of halogens is 1. The number of amides is 1. The van der Waals surface area contributed by atoms with Crippen molar-refractivity contribution in [1.82, 2.24) is 24.4 Å². The van der Waals surface area contributed by atoms with Crippen LogP contribution in [-0.2, 0) is 11.3 Å². The van der Waals surface area contributed by atoms with Crippen LogP contribution >= 0.6 is 11.6 Å². The fourth-order valence-corrected chi connectivity index (χ4v) is 4.74. The van der Waals surface area contributed by atoms with Gasteiger partial charge in [-0.2, -0.15) is 4.98 Å². The molecule has 1 atom stereocenters. The largest absolute Gasteiger partial charge is 0.497 e. The molecule has 4 aromatic rings. The Kier molecular flexibility index (Phi) is 7.12. The average Bonchev–Trinajstić information content (AvgIpc) is 3.52. The van der Waals surface area contributed by atoms with Crippen LogP contribution in [0.4, 0.5) is 10.7 Å². The number of nitrogens with zero attached hydrogens (tertiary/aromatic N) is 5. The van der Waals surface area contributed by atoms with Crippen molar-refractivity contribution in [2.75, 3.05) is 25.5 Å². The number of methoxy groups -OCH3 is 1. The molecule has 0 spiro atoms. The van der Waals surface area contributed by atoms with E-state index in [-0.39, 0.29) is 12.1 Å². The molecular weight excluding hydrogens is 504 g/mol. The van der Waals surface area contributed by atoms with E-state index in [0.29, 0.717) is 47.6 Å². The van der Waals surface area contributed by atoms with Gasteiger partial charge in [0.05, 0.1) is 24.4 Å². The summed E-state index contributed by atoms with van der Waals surface area (Å²) >= 11 is 6.59. The number of imidazole rings is 1. The summed E-state index contributed by atoms with van der Waals surface area (Å²) in [6.45, 7) is 7.22. The van der Waals surface area contributed by atoms with Gasteiger partial charge in [0.2, 0.25) is 5.95 Å². The van der Waals surface area contributed by atoms with E-state index in [9.17, 15) is 4.79 Å². The maximum Gasteiger partial charge on any atom is 0.410 e. The summed E-state index contributed by atoms with van der Waals surface area (Å²) in [7, 11) is 1.65. The maximum absolute atomic E-state index is 12.8. The Balaban J connectivity index is 1.48. The topological polar surface area (TPSA) is 94.4 Å². The van der Waals surface area contributed by atoms with Crippen LogP contribution in [0.15, 0.2) is 54.7 Å². The Morgan fingerprint density at radius 1 is 1.13 bits per heavy atom. The Hall–Kier alpha value is -3.85. The van der Waals surface area contributed by atoms with E-state index in [2.05, 4.69) is 14.9 Å². The first-order chi connectivity index (χ1) is 18.2. The quantitative estimate of drug-likeness (QED) is 0.326. The zero-order chi connectivity index (χ0) is 26.9. The third-order valence-electron chi connectivity index (χ3n) is 6.34. The second-order valence-corrected chi connectivity index (χ2v) is 10.7. The highest BCUT2D eigenvalue weighted by atomic mass is 35.5. The number of hydrogen-bond donors (Lipinski definition) is 1. The van der Waals surface area contributed by atoms with Crippen LogP contribution in [0.1, 0.15) is 38.8 Å². The Labute approximate surface area is 226 Å². The molecule has 1 fully saturated rings. The number of ether oxygens (including phenoxy) is 2. The van der Waals surface area contributed by atoms with Gasteiger partial charge >= 0.3 is 6.09 Å². The number of rotatable bonds is 6. The monoisotopic (exact) mass is 534 g/mol. The van der Waals surface area contributed by atoms with Crippen molar-refractivity contribution >= 4 is 34.8 Å². The van der Waals surface area contributed by atoms with Gasteiger partial charge in [-0.15, -0.1) is 0 Å². The lowest BCUT2D eigenvalue weighted by Crippen LogP contribution is -2.35. The molecule has 1 amide bonds. The summed E-state index contributed by atoms with van der Waals surface area (Å²) in [6.07, 6.45) is 2.14. The van der Waals surface area contributed by atoms with Crippen LogP contribution in [0.25, 0.3) is 22.6 Å². The predicted octanol–water partition coefficient (Wildman–Crippen LogP) is 5.95. The number of nitrogens with one attached hydrogen (secondary N) is 1. The van der Waals surface area contributed by atoms with Crippen molar-refractivity contribution in [3.05, 3.63) is 65.3 Å². The fourth-order valence-electron chi connectivity index (χ4n) is 4.52. The van der Waals surface area contributed by atoms with E-state index in [0.717, 1.165) is 23.3 Å². The van der Waals surface area contributed by atoms with Gasteiger partial charge in [0.25, 0.3) is 0 Å². The molecule has 1 unspecified atom stereocenters. The molecule has 10 heteroatoms. The molecule has 5 rings (SSSR count). The highest BCUT2D eigenvalue weighted by Crippen LogP contribution is 2.35. The Morgan fingerprint density at radius 2 is 1.89 bits per heavy atom. The lowest BCUT2D eigenvalue weighted by atomic mass is 10.2. The standard InChI is InChI=1S/C28H31ClN6O3/c1-28(2,3)38-27(36)34-14-13-19(17-34)35-24(21-7-5-6-8-22(21)29)32-23-16-31-26(33-25(23)35)30-15-18-9-11-20(37-4)12-10-18/h5-12,16,19H,13-15,17H2,1-4H3,(H,30,31,33). The molecule has 1 saturated heterocycles.